The van der Waals surface area contributed by atoms with Crippen molar-refractivity contribution in [3.63, 3.8) is 0 Å². The molecule has 2 aromatic heterocycles. The van der Waals surface area contributed by atoms with Gasteiger partial charge in [0.05, 0.1) is 12.2 Å². The Morgan fingerprint density at radius 3 is 2.67 bits per heavy atom. The third kappa shape index (κ3) is 7.47. The molecule has 0 saturated heterocycles. The second kappa shape index (κ2) is 13.5. The molecule has 7 nitrogen and oxygen atoms in total. The summed E-state index contributed by atoms with van der Waals surface area (Å²) in [6, 6.07) is 6.08. The zero-order valence-electron chi connectivity index (χ0n) is 21.9. The number of aryl methyl sites for hydroxylation is 1. The van der Waals surface area contributed by atoms with Gasteiger partial charge in [0.15, 0.2) is 0 Å². The number of nitrogens with one attached hydrogen (secondary N) is 1. The highest BCUT2D eigenvalue weighted by molar-refractivity contribution is 5.62. The van der Waals surface area contributed by atoms with Gasteiger partial charge in [-0.05, 0) is 80.6 Å². The van der Waals surface area contributed by atoms with E-state index in [2.05, 4.69) is 36.1 Å². The average Bonchev–Trinajstić information content (AvgIpc) is 3.37. The van der Waals surface area contributed by atoms with Crippen LogP contribution in [0.1, 0.15) is 37.3 Å². The van der Waals surface area contributed by atoms with E-state index in [1.54, 1.807) is 17.3 Å². The molecule has 0 spiro atoms. The highest BCUT2D eigenvalue weighted by atomic mass is 15.4. The average molecular weight is 488 g/mol. The van der Waals surface area contributed by atoms with E-state index in [0.29, 0.717) is 12.2 Å². The molecule has 2 heterocycles. The Bertz CT molecular complexity index is 1190. The van der Waals surface area contributed by atoms with Crippen molar-refractivity contribution in [1.82, 2.24) is 19.5 Å². The smallest absolute Gasteiger partial charge is 0.131 e. The van der Waals surface area contributed by atoms with Gasteiger partial charge < -0.3 is 25.2 Å². The molecule has 3 rings (SSSR count). The summed E-state index contributed by atoms with van der Waals surface area (Å²) in [4.78, 5) is 4.43. The van der Waals surface area contributed by atoms with Crippen LogP contribution in [0.2, 0.25) is 0 Å². The summed E-state index contributed by atoms with van der Waals surface area (Å²) >= 11 is 0. The molecule has 0 atom stereocenters. The van der Waals surface area contributed by atoms with Crippen LogP contribution in [0.15, 0.2) is 90.1 Å². The summed E-state index contributed by atoms with van der Waals surface area (Å²) in [5, 5.41) is 5.17. The Balaban J connectivity index is 1.66. The van der Waals surface area contributed by atoms with Gasteiger partial charge in [0.1, 0.15) is 5.49 Å². The Morgan fingerprint density at radius 1 is 1.31 bits per heavy atom. The number of hydrazine groups is 1. The minimum Gasteiger partial charge on any atom is -0.397 e. The molecule has 0 aromatic carbocycles. The molecule has 0 aliphatic heterocycles. The molecule has 2 aromatic rings. The fourth-order valence-corrected chi connectivity index (χ4v) is 4.11. The van der Waals surface area contributed by atoms with Crippen LogP contribution in [-0.4, -0.2) is 34.3 Å². The molecule has 0 amide bonds. The number of nitrogens with two attached hydrogens (primary N) is 2. The van der Waals surface area contributed by atoms with Gasteiger partial charge in [0, 0.05) is 55.9 Å². The number of allylic oxidation sites excluding steroid dienone is 4. The minimum absolute atomic E-state index is 0.485. The number of hydrogen-bond acceptors (Lipinski definition) is 5. The van der Waals surface area contributed by atoms with Crippen LogP contribution in [0.5, 0.6) is 0 Å². The fourth-order valence-electron chi connectivity index (χ4n) is 4.11. The lowest BCUT2D eigenvalue weighted by atomic mass is 9.85. The maximum Gasteiger partial charge on any atom is 0.131 e. The SMILES string of the molecule is C=CC(=C\C(=C/C)n1cccc1)/C(N)=C/N(N)C/C=C/n1cc(CNCC2CCC2)c(C)c/c1=N/C. The molecule has 1 aliphatic rings. The van der Waals surface area contributed by atoms with Crippen LogP contribution < -0.4 is 22.4 Å². The first-order chi connectivity index (χ1) is 17.4. The molecule has 1 saturated carbocycles. The second-order valence-corrected chi connectivity index (χ2v) is 9.17. The zero-order chi connectivity index (χ0) is 25.9. The van der Waals surface area contributed by atoms with Crippen molar-refractivity contribution in [2.24, 2.45) is 22.5 Å². The van der Waals surface area contributed by atoms with E-state index in [-0.39, 0.29) is 0 Å². The molecular formula is C29H41N7. The lowest BCUT2D eigenvalue weighted by Crippen LogP contribution is -2.28. The number of hydrogen-bond donors (Lipinski definition) is 3. The van der Waals surface area contributed by atoms with Gasteiger partial charge in [-0.1, -0.05) is 25.2 Å². The van der Waals surface area contributed by atoms with Crippen LogP contribution in [0.25, 0.3) is 11.9 Å². The molecule has 1 fully saturated rings. The molecule has 5 N–H and O–H groups in total. The van der Waals surface area contributed by atoms with Crippen LogP contribution in [0, 0.1) is 12.8 Å². The normalized spacial score (nSPS) is 16.0. The molecule has 0 unspecified atom stereocenters. The van der Waals surface area contributed by atoms with E-state index in [4.69, 9.17) is 11.6 Å². The fraction of sp³-hybridized carbons (Fsp3) is 0.345. The highest BCUT2D eigenvalue weighted by Gasteiger charge is 2.16. The number of aromatic nitrogens is 2. The molecule has 36 heavy (non-hydrogen) atoms. The van der Waals surface area contributed by atoms with E-state index >= 15 is 0 Å². The van der Waals surface area contributed by atoms with Gasteiger partial charge in [0.25, 0.3) is 0 Å². The summed E-state index contributed by atoms with van der Waals surface area (Å²) in [6.07, 6.45) is 21.7. The highest BCUT2D eigenvalue weighted by Crippen LogP contribution is 2.25. The van der Waals surface area contributed by atoms with Crippen LogP contribution >= 0.6 is 0 Å². The van der Waals surface area contributed by atoms with E-state index in [1.165, 1.54) is 30.4 Å². The first-order valence-corrected chi connectivity index (χ1v) is 12.6. The lowest BCUT2D eigenvalue weighted by Gasteiger charge is -2.25. The van der Waals surface area contributed by atoms with Crippen molar-refractivity contribution in [3.8, 4) is 0 Å². The van der Waals surface area contributed by atoms with Crippen molar-refractivity contribution >= 4 is 11.9 Å². The van der Waals surface area contributed by atoms with E-state index in [9.17, 15) is 0 Å². The number of nitrogens with zero attached hydrogens (tertiary/aromatic N) is 4. The predicted octanol–water partition coefficient (Wildman–Crippen LogP) is 4.14. The van der Waals surface area contributed by atoms with Gasteiger partial charge in [-0.25, -0.2) is 5.84 Å². The Hall–Kier alpha value is -3.55. The standard InChI is InChI=1S/C29H41N7/c1-5-25(18-27(6-2)34-13-7-8-14-34)28(30)22-36(31)16-10-15-35-21-26(23(3)17-29(35)32-4)20-33-19-24-11-9-12-24/h5-8,10,13-15,17-18,21-22,24,33H,1,9,11-12,16,19-20,30-31H2,2-4H3/b15-10+,25-18+,27-6+,28-22-,32-29-. The zero-order valence-corrected chi connectivity index (χ0v) is 21.9. The van der Waals surface area contributed by atoms with Crippen LogP contribution in [0.4, 0.5) is 0 Å². The van der Waals surface area contributed by atoms with Crippen molar-refractivity contribution in [1.29, 1.82) is 0 Å². The topological polar surface area (TPSA) is 89.5 Å². The molecule has 0 bridgehead atoms. The first kappa shape index (κ1) is 27.0. The molecular weight excluding hydrogens is 446 g/mol. The first-order valence-electron chi connectivity index (χ1n) is 12.6. The largest absolute Gasteiger partial charge is 0.397 e. The number of rotatable bonds is 12. The maximum absolute atomic E-state index is 6.34. The molecule has 1 aliphatic carbocycles. The minimum atomic E-state index is 0.485. The van der Waals surface area contributed by atoms with Gasteiger partial charge in [-0.15, -0.1) is 0 Å². The number of pyridine rings is 1. The van der Waals surface area contributed by atoms with Gasteiger partial charge >= 0.3 is 0 Å². The molecule has 192 valence electrons. The maximum atomic E-state index is 6.34. The monoisotopic (exact) mass is 487 g/mol. The third-order valence-corrected chi connectivity index (χ3v) is 6.56. The molecule has 0 radical (unpaired) electrons. The van der Waals surface area contributed by atoms with Gasteiger partial charge in [-0.2, -0.15) is 0 Å². The Labute approximate surface area is 215 Å². The van der Waals surface area contributed by atoms with E-state index in [0.717, 1.165) is 35.8 Å². The Kier molecular flexibility index (Phi) is 10.2. The summed E-state index contributed by atoms with van der Waals surface area (Å²) in [5.41, 5.74) is 12.1. The van der Waals surface area contributed by atoms with Crippen molar-refractivity contribution in [3.05, 3.63) is 102 Å². The van der Waals surface area contributed by atoms with Gasteiger partial charge in [-0.3, -0.25) is 4.99 Å². The summed E-state index contributed by atoms with van der Waals surface area (Å²) in [5.74, 6) is 7.07. The second-order valence-electron chi connectivity index (χ2n) is 9.17. The van der Waals surface area contributed by atoms with E-state index < -0.39 is 0 Å². The van der Waals surface area contributed by atoms with E-state index in [1.807, 2.05) is 72.1 Å². The quantitative estimate of drug-likeness (QED) is 0.238. The summed E-state index contributed by atoms with van der Waals surface area (Å²) in [7, 11) is 1.81. The van der Waals surface area contributed by atoms with Gasteiger partial charge in [0.2, 0.25) is 0 Å². The van der Waals surface area contributed by atoms with Crippen molar-refractivity contribution < 1.29 is 0 Å². The summed E-state index contributed by atoms with van der Waals surface area (Å²) in [6.45, 7) is 10.5. The van der Waals surface area contributed by atoms with Crippen molar-refractivity contribution in [2.75, 3.05) is 20.1 Å². The van der Waals surface area contributed by atoms with Crippen LogP contribution in [-0.2, 0) is 6.54 Å². The van der Waals surface area contributed by atoms with Crippen LogP contribution in [0.3, 0.4) is 0 Å². The predicted molar refractivity (Wildman–Crippen MR) is 151 cm³/mol. The van der Waals surface area contributed by atoms with Crippen molar-refractivity contribution in [2.45, 2.75) is 39.7 Å². The lowest BCUT2D eigenvalue weighted by molar-refractivity contribution is 0.301. The molecule has 7 heteroatoms. The Morgan fingerprint density at radius 2 is 2.06 bits per heavy atom. The third-order valence-electron chi connectivity index (χ3n) is 6.56. The summed E-state index contributed by atoms with van der Waals surface area (Å²) < 4.78 is 4.06.